The molecule has 3 aromatic rings. The molecule has 1 saturated heterocycles. The Bertz CT molecular complexity index is 1270. The molecular weight excluding hydrogens is 393 g/mol. The lowest BCUT2D eigenvalue weighted by Gasteiger charge is -2.43. The third kappa shape index (κ3) is 3.42. The first-order valence-electron chi connectivity index (χ1n) is 10.3. The number of likely N-dealkylation sites (tertiary alicyclic amines) is 1. The molecule has 1 fully saturated rings. The zero-order chi connectivity index (χ0) is 21.5. The maximum atomic E-state index is 13.3. The number of rotatable bonds is 2. The van der Waals surface area contributed by atoms with Gasteiger partial charge in [0.2, 0.25) is 0 Å². The van der Waals surface area contributed by atoms with Crippen molar-refractivity contribution in [3.8, 4) is 17.2 Å². The van der Waals surface area contributed by atoms with Crippen LogP contribution < -0.4 is 5.56 Å². The molecule has 0 unspecified atom stereocenters. The molecule has 5 rings (SSSR count). The average Bonchev–Trinajstić information content (AvgIpc) is 2.80. The summed E-state index contributed by atoms with van der Waals surface area (Å²) in [7, 11) is 0. The second-order valence-electron chi connectivity index (χ2n) is 8.30. The highest BCUT2D eigenvalue weighted by Gasteiger charge is 2.37. The Labute approximate surface area is 179 Å². The lowest BCUT2D eigenvalue weighted by molar-refractivity contribution is 0.0594. The molecule has 154 valence electrons. The fourth-order valence-corrected chi connectivity index (χ4v) is 4.86. The second kappa shape index (κ2) is 7.51. The molecule has 0 N–H and O–H groups in total. The quantitative estimate of drug-likeness (QED) is 0.642. The SMILES string of the molecule is N#Cc1cccc(-c2ccc3n(c2=O)C[C@H]2C[C@@H]3CN(C(=O)c3ccc(F)cc3)C2)c1. The van der Waals surface area contributed by atoms with Crippen LogP contribution in [0.4, 0.5) is 4.39 Å². The monoisotopic (exact) mass is 413 g/mol. The van der Waals surface area contributed by atoms with E-state index in [4.69, 9.17) is 5.26 Å². The molecule has 0 radical (unpaired) electrons. The number of nitrogens with zero attached hydrogens (tertiary/aromatic N) is 3. The molecule has 0 spiro atoms. The molecule has 1 aromatic heterocycles. The minimum Gasteiger partial charge on any atom is -0.338 e. The molecule has 2 aliphatic rings. The van der Waals surface area contributed by atoms with E-state index in [2.05, 4.69) is 6.07 Å². The summed E-state index contributed by atoms with van der Waals surface area (Å²) in [5.41, 5.74) is 3.21. The highest BCUT2D eigenvalue weighted by Crippen LogP contribution is 2.36. The Balaban J connectivity index is 1.46. The van der Waals surface area contributed by atoms with Crippen LogP contribution in [0.1, 0.15) is 34.0 Å². The summed E-state index contributed by atoms with van der Waals surface area (Å²) >= 11 is 0. The molecule has 0 aliphatic carbocycles. The van der Waals surface area contributed by atoms with Gasteiger partial charge in [-0.05, 0) is 66.4 Å². The predicted molar refractivity (Wildman–Crippen MR) is 114 cm³/mol. The summed E-state index contributed by atoms with van der Waals surface area (Å²) < 4.78 is 15.0. The van der Waals surface area contributed by atoms with Crippen LogP contribution in [-0.4, -0.2) is 28.5 Å². The van der Waals surface area contributed by atoms with Crippen molar-refractivity contribution in [2.24, 2.45) is 5.92 Å². The summed E-state index contributed by atoms with van der Waals surface area (Å²) in [6.45, 7) is 1.67. The number of fused-ring (bicyclic) bond motifs is 4. The minimum absolute atomic E-state index is 0.0550. The lowest BCUT2D eigenvalue weighted by atomic mass is 9.82. The van der Waals surface area contributed by atoms with Gasteiger partial charge < -0.3 is 9.47 Å². The first kappa shape index (κ1) is 19.3. The molecule has 3 heterocycles. The molecule has 5 nitrogen and oxygen atoms in total. The average molecular weight is 413 g/mol. The number of nitriles is 1. The molecule has 2 aliphatic heterocycles. The van der Waals surface area contributed by atoms with E-state index in [0.29, 0.717) is 36.3 Å². The van der Waals surface area contributed by atoms with Crippen molar-refractivity contribution in [2.45, 2.75) is 18.9 Å². The van der Waals surface area contributed by atoms with Crippen LogP contribution >= 0.6 is 0 Å². The number of carbonyl (C=O) groups is 1. The summed E-state index contributed by atoms with van der Waals surface area (Å²) in [5, 5.41) is 9.16. The molecule has 0 saturated carbocycles. The number of piperidine rings is 1. The lowest BCUT2D eigenvalue weighted by Crippen LogP contribution is -2.49. The van der Waals surface area contributed by atoms with E-state index < -0.39 is 0 Å². The molecule has 1 amide bonds. The zero-order valence-electron chi connectivity index (χ0n) is 16.8. The van der Waals surface area contributed by atoms with Crippen molar-refractivity contribution >= 4 is 5.91 Å². The zero-order valence-corrected chi connectivity index (χ0v) is 16.8. The van der Waals surface area contributed by atoms with E-state index in [1.807, 2.05) is 27.7 Å². The first-order valence-corrected chi connectivity index (χ1v) is 10.3. The van der Waals surface area contributed by atoms with Crippen LogP contribution in [-0.2, 0) is 6.54 Å². The Morgan fingerprint density at radius 1 is 1.03 bits per heavy atom. The molecule has 6 heteroatoms. The van der Waals surface area contributed by atoms with Gasteiger partial charge >= 0.3 is 0 Å². The van der Waals surface area contributed by atoms with Gasteiger partial charge in [0.25, 0.3) is 11.5 Å². The standard InChI is InChI=1S/C25H20FN3O2/c26-21-6-4-18(5-7-21)24(30)28-13-17-11-20(15-28)23-9-8-22(25(31)29(23)14-17)19-3-1-2-16(10-19)12-27/h1-10,17,20H,11,13-15H2/t17-,20+/m0/s1. The van der Waals surface area contributed by atoms with Gasteiger partial charge in [0.05, 0.1) is 11.6 Å². The van der Waals surface area contributed by atoms with Gasteiger partial charge in [0, 0.05) is 42.4 Å². The third-order valence-corrected chi connectivity index (χ3v) is 6.29. The molecule has 2 atom stereocenters. The highest BCUT2D eigenvalue weighted by atomic mass is 19.1. The van der Waals surface area contributed by atoms with Crippen LogP contribution in [0.15, 0.2) is 65.5 Å². The number of hydrogen-bond donors (Lipinski definition) is 0. The van der Waals surface area contributed by atoms with E-state index in [1.54, 1.807) is 18.2 Å². The minimum atomic E-state index is -0.364. The fraction of sp³-hybridized carbons (Fsp3) is 0.240. The Hall–Kier alpha value is -3.72. The number of pyridine rings is 1. The number of hydrogen-bond acceptors (Lipinski definition) is 3. The van der Waals surface area contributed by atoms with Gasteiger partial charge in [-0.25, -0.2) is 4.39 Å². The van der Waals surface area contributed by atoms with Crippen molar-refractivity contribution in [1.29, 1.82) is 5.26 Å². The molecule has 2 bridgehead atoms. The van der Waals surface area contributed by atoms with Gasteiger partial charge in [0.15, 0.2) is 0 Å². The van der Waals surface area contributed by atoms with Crippen LogP contribution in [0.2, 0.25) is 0 Å². The predicted octanol–water partition coefficient (Wildman–Crippen LogP) is 3.79. The van der Waals surface area contributed by atoms with Gasteiger partial charge in [-0.1, -0.05) is 12.1 Å². The molecule has 2 aromatic carbocycles. The van der Waals surface area contributed by atoms with Crippen molar-refractivity contribution in [3.63, 3.8) is 0 Å². The van der Waals surface area contributed by atoms with E-state index in [-0.39, 0.29) is 29.1 Å². The van der Waals surface area contributed by atoms with E-state index in [0.717, 1.165) is 17.7 Å². The normalized spacial score (nSPS) is 19.4. The van der Waals surface area contributed by atoms with Crippen molar-refractivity contribution in [1.82, 2.24) is 9.47 Å². The van der Waals surface area contributed by atoms with Crippen LogP contribution in [0.25, 0.3) is 11.1 Å². The smallest absolute Gasteiger partial charge is 0.258 e. The van der Waals surface area contributed by atoms with Gasteiger partial charge in [-0.15, -0.1) is 0 Å². The molecule has 31 heavy (non-hydrogen) atoms. The number of halogens is 1. The van der Waals surface area contributed by atoms with E-state index in [9.17, 15) is 14.0 Å². The summed E-state index contributed by atoms with van der Waals surface area (Å²) in [6.07, 6.45) is 0.940. The van der Waals surface area contributed by atoms with E-state index >= 15 is 0 Å². The van der Waals surface area contributed by atoms with Crippen LogP contribution in [0, 0.1) is 23.1 Å². The van der Waals surface area contributed by atoms with Crippen molar-refractivity contribution < 1.29 is 9.18 Å². The van der Waals surface area contributed by atoms with Crippen molar-refractivity contribution in [2.75, 3.05) is 13.1 Å². The number of carbonyl (C=O) groups excluding carboxylic acids is 1. The Kier molecular flexibility index (Phi) is 4.67. The molecular formula is C25H20FN3O2. The summed E-state index contributed by atoms with van der Waals surface area (Å²) in [5.74, 6) is -0.190. The number of amides is 1. The Morgan fingerprint density at radius 2 is 1.84 bits per heavy atom. The second-order valence-corrected chi connectivity index (χ2v) is 8.30. The topological polar surface area (TPSA) is 66.1 Å². The van der Waals surface area contributed by atoms with Crippen molar-refractivity contribution in [3.05, 3.63) is 93.7 Å². The maximum Gasteiger partial charge on any atom is 0.258 e. The highest BCUT2D eigenvalue weighted by molar-refractivity contribution is 5.94. The largest absolute Gasteiger partial charge is 0.338 e. The number of benzene rings is 2. The maximum absolute atomic E-state index is 13.3. The first-order chi connectivity index (χ1) is 15.0. The summed E-state index contributed by atoms with van der Waals surface area (Å²) in [6, 6.07) is 18.6. The Morgan fingerprint density at radius 3 is 2.61 bits per heavy atom. The summed E-state index contributed by atoms with van der Waals surface area (Å²) in [4.78, 5) is 28.0. The number of aromatic nitrogens is 1. The fourth-order valence-electron chi connectivity index (χ4n) is 4.86. The van der Waals surface area contributed by atoms with Gasteiger partial charge in [-0.2, -0.15) is 5.26 Å². The van der Waals surface area contributed by atoms with E-state index in [1.165, 1.54) is 24.3 Å². The van der Waals surface area contributed by atoms with Gasteiger partial charge in [0.1, 0.15) is 5.82 Å². The van der Waals surface area contributed by atoms with Crippen LogP contribution in [0.3, 0.4) is 0 Å². The van der Waals surface area contributed by atoms with Crippen LogP contribution in [0.5, 0.6) is 0 Å². The van der Waals surface area contributed by atoms with Gasteiger partial charge in [-0.3, -0.25) is 9.59 Å². The third-order valence-electron chi connectivity index (χ3n) is 6.29.